The number of aryl methyl sites for hydroxylation is 2. The molecule has 0 unspecified atom stereocenters. The van der Waals surface area contributed by atoms with Crippen molar-refractivity contribution in [2.75, 3.05) is 13.7 Å². The molecule has 0 fully saturated rings. The number of nitrogens with one attached hydrogen (secondary N) is 1. The molecule has 0 amide bonds. The number of hydrogen-bond acceptors (Lipinski definition) is 3. The lowest BCUT2D eigenvalue weighted by molar-refractivity contribution is 0.406. The Morgan fingerprint density at radius 1 is 1.19 bits per heavy atom. The maximum atomic E-state index is 5.44. The average Bonchev–Trinajstić information content (AvgIpc) is 2.46. The van der Waals surface area contributed by atoms with Crippen LogP contribution in [0.25, 0.3) is 0 Å². The number of nitrogens with zero attached hydrogens (tertiary/aromatic N) is 1. The van der Waals surface area contributed by atoms with Gasteiger partial charge in [-0.05, 0) is 39.3 Å². The van der Waals surface area contributed by atoms with Gasteiger partial charge in [0.1, 0.15) is 5.75 Å². The van der Waals surface area contributed by atoms with E-state index in [1.807, 2.05) is 13.1 Å². The van der Waals surface area contributed by atoms with E-state index in [-0.39, 0.29) is 0 Å². The van der Waals surface area contributed by atoms with Crippen molar-refractivity contribution in [3.8, 4) is 5.75 Å². The molecule has 3 nitrogen and oxygen atoms in total. The van der Waals surface area contributed by atoms with Crippen LogP contribution in [0.1, 0.15) is 27.9 Å². The minimum atomic E-state index is 0.772. The van der Waals surface area contributed by atoms with E-state index in [9.17, 15) is 0 Å². The molecule has 0 saturated carbocycles. The van der Waals surface area contributed by atoms with Gasteiger partial charge in [0.15, 0.2) is 0 Å². The summed E-state index contributed by atoms with van der Waals surface area (Å²) >= 11 is 0. The normalized spacial score (nSPS) is 10.7. The van der Waals surface area contributed by atoms with Gasteiger partial charge in [-0.25, -0.2) is 0 Å². The molecule has 2 aromatic rings. The van der Waals surface area contributed by atoms with Crippen LogP contribution in [0.4, 0.5) is 0 Å². The molecule has 0 spiro atoms. The summed E-state index contributed by atoms with van der Waals surface area (Å²) in [5, 5.41) is 3.46. The van der Waals surface area contributed by atoms with Gasteiger partial charge in [-0.3, -0.25) is 4.98 Å². The van der Waals surface area contributed by atoms with E-state index >= 15 is 0 Å². The fourth-order valence-corrected chi connectivity index (χ4v) is 2.56. The lowest BCUT2D eigenvalue weighted by Gasteiger charge is -2.12. The number of hydrogen-bond donors (Lipinski definition) is 1. The van der Waals surface area contributed by atoms with Gasteiger partial charge in [0, 0.05) is 23.9 Å². The van der Waals surface area contributed by atoms with Crippen LogP contribution >= 0.6 is 0 Å². The van der Waals surface area contributed by atoms with Crippen molar-refractivity contribution < 1.29 is 4.74 Å². The van der Waals surface area contributed by atoms with E-state index in [0.29, 0.717) is 0 Å². The zero-order valence-electron chi connectivity index (χ0n) is 13.4. The summed E-state index contributed by atoms with van der Waals surface area (Å²) in [4.78, 5) is 4.50. The maximum Gasteiger partial charge on any atom is 0.128 e. The van der Waals surface area contributed by atoms with Crippen molar-refractivity contribution in [1.29, 1.82) is 0 Å². The number of aromatic nitrogens is 1. The second-order valence-electron chi connectivity index (χ2n) is 5.46. The lowest BCUT2D eigenvalue weighted by atomic mass is 10.1. The van der Waals surface area contributed by atoms with E-state index in [1.54, 1.807) is 7.11 Å². The standard InChI is InChI=1S/C18H24N2O/c1-13-6-5-7-16(10-13)8-9-19-12-17-15(3)18(21-4)14(2)11-20-17/h5-7,10-11,19H,8-9,12H2,1-4H3. The molecule has 1 N–H and O–H groups in total. The Morgan fingerprint density at radius 3 is 2.71 bits per heavy atom. The van der Waals surface area contributed by atoms with Crippen LogP contribution in [0, 0.1) is 20.8 Å². The van der Waals surface area contributed by atoms with Crippen LogP contribution in [0.15, 0.2) is 30.5 Å². The predicted molar refractivity (Wildman–Crippen MR) is 86.9 cm³/mol. The zero-order valence-corrected chi connectivity index (χ0v) is 13.4. The molecule has 0 aliphatic rings. The Labute approximate surface area is 127 Å². The molecule has 21 heavy (non-hydrogen) atoms. The third-order valence-corrected chi connectivity index (χ3v) is 3.72. The Hall–Kier alpha value is -1.87. The van der Waals surface area contributed by atoms with Crippen molar-refractivity contribution in [2.45, 2.75) is 33.7 Å². The smallest absolute Gasteiger partial charge is 0.128 e. The van der Waals surface area contributed by atoms with Crippen LogP contribution in [-0.4, -0.2) is 18.6 Å². The summed E-state index contributed by atoms with van der Waals surface area (Å²) in [5.74, 6) is 0.945. The fourth-order valence-electron chi connectivity index (χ4n) is 2.56. The summed E-state index contributed by atoms with van der Waals surface area (Å²) in [5.41, 5.74) is 5.95. The van der Waals surface area contributed by atoms with E-state index in [4.69, 9.17) is 4.74 Å². The van der Waals surface area contributed by atoms with Crippen LogP contribution < -0.4 is 10.1 Å². The van der Waals surface area contributed by atoms with E-state index < -0.39 is 0 Å². The molecular formula is C18H24N2O. The van der Waals surface area contributed by atoms with Gasteiger partial charge < -0.3 is 10.1 Å². The predicted octanol–water partition coefficient (Wildman–Crippen LogP) is 3.35. The van der Waals surface area contributed by atoms with Gasteiger partial charge in [0.2, 0.25) is 0 Å². The highest BCUT2D eigenvalue weighted by molar-refractivity contribution is 5.41. The molecule has 0 saturated heterocycles. The molecule has 0 atom stereocenters. The van der Waals surface area contributed by atoms with Gasteiger partial charge in [-0.15, -0.1) is 0 Å². The van der Waals surface area contributed by atoms with Gasteiger partial charge >= 0.3 is 0 Å². The number of rotatable bonds is 6. The van der Waals surface area contributed by atoms with Crippen molar-refractivity contribution in [3.63, 3.8) is 0 Å². The van der Waals surface area contributed by atoms with Gasteiger partial charge in [0.05, 0.1) is 12.8 Å². The summed E-state index contributed by atoms with van der Waals surface area (Å²) in [6, 6.07) is 8.65. The SMILES string of the molecule is COc1c(C)cnc(CNCCc2cccc(C)c2)c1C. The van der Waals surface area contributed by atoms with E-state index in [1.165, 1.54) is 11.1 Å². The highest BCUT2D eigenvalue weighted by Crippen LogP contribution is 2.23. The topological polar surface area (TPSA) is 34.1 Å². The Kier molecular flexibility index (Phi) is 5.34. The molecule has 0 radical (unpaired) electrons. The molecule has 1 aromatic carbocycles. The lowest BCUT2D eigenvalue weighted by Crippen LogP contribution is -2.18. The molecule has 2 rings (SSSR count). The zero-order chi connectivity index (χ0) is 15.2. The highest BCUT2D eigenvalue weighted by Gasteiger charge is 2.08. The fraction of sp³-hybridized carbons (Fsp3) is 0.389. The van der Waals surface area contributed by atoms with Crippen molar-refractivity contribution >= 4 is 0 Å². The first kappa shape index (κ1) is 15.5. The van der Waals surface area contributed by atoms with E-state index in [0.717, 1.165) is 42.1 Å². The molecule has 3 heteroatoms. The Balaban J connectivity index is 1.89. The minimum Gasteiger partial charge on any atom is -0.496 e. The number of pyridine rings is 1. The van der Waals surface area contributed by atoms with Gasteiger partial charge in [-0.2, -0.15) is 0 Å². The largest absolute Gasteiger partial charge is 0.496 e. The Bertz CT molecular complexity index is 608. The second kappa shape index (κ2) is 7.23. The number of methoxy groups -OCH3 is 1. The van der Waals surface area contributed by atoms with E-state index in [2.05, 4.69) is 48.4 Å². The Morgan fingerprint density at radius 2 is 2.00 bits per heavy atom. The number of ether oxygens (including phenoxy) is 1. The summed E-state index contributed by atoms with van der Waals surface area (Å²) in [7, 11) is 1.71. The molecule has 0 aliphatic carbocycles. The third kappa shape index (κ3) is 4.05. The van der Waals surface area contributed by atoms with Crippen molar-refractivity contribution in [1.82, 2.24) is 10.3 Å². The molecule has 1 heterocycles. The van der Waals surface area contributed by atoms with Crippen molar-refractivity contribution in [2.24, 2.45) is 0 Å². The first-order chi connectivity index (χ1) is 10.1. The average molecular weight is 284 g/mol. The summed E-state index contributed by atoms with van der Waals surface area (Å²) in [6.07, 6.45) is 2.91. The quantitative estimate of drug-likeness (QED) is 0.826. The van der Waals surface area contributed by atoms with Gasteiger partial charge in [-0.1, -0.05) is 29.8 Å². The highest BCUT2D eigenvalue weighted by atomic mass is 16.5. The monoisotopic (exact) mass is 284 g/mol. The number of benzene rings is 1. The first-order valence-electron chi connectivity index (χ1n) is 7.37. The van der Waals surface area contributed by atoms with Crippen LogP contribution in [-0.2, 0) is 13.0 Å². The molecule has 1 aromatic heterocycles. The molecule has 0 aliphatic heterocycles. The van der Waals surface area contributed by atoms with Crippen LogP contribution in [0.3, 0.4) is 0 Å². The first-order valence-corrected chi connectivity index (χ1v) is 7.37. The van der Waals surface area contributed by atoms with Crippen molar-refractivity contribution in [3.05, 3.63) is 58.4 Å². The molecular weight excluding hydrogens is 260 g/mol. The minimum absolute atomic E-state index is 0.772. The summed E-state index contributed by atoms with van der Waals surface area (Å²) in [6.45, 7) is 7.93. The van der Waals surface area contributed by atoms with Crippen LogP contribution in [0.5, 0.6) is 5.75 Å². The van der Waals surface area contributed by atoms with Gasteiger partial charge in [0.25, 0.3) is 0 Å². The molecule has 0 bridgehead atoms. The second-order valence-corrected chi connectivity index (χ2v) is 5.46. The third-order valence-electron chi connectivity index (χ3n) is 3.72. The summed E-state index contributed by atoms with van der Waals surface area (Å²) < 4.78 is 5.44. The molecule has 112 valence electrons. The van der Waals surface area contributed by atoms with Crippen LogP contribution in [0.2, 0.25) is 0 Å². The maximum absolute atomic E-state index is 5.44.